The molecule has 1 heterocycles. The highest BCUT2D eigenvalue weighted by Gasteiger charge is 2.28. The molecule has 1 aromatic rings. The third kappa shape index (κ3) is 3.57. The molecule has 0 spiro atoms. The number of hydrogen-bond acceptors (Lipinski definition) is 2. The van der Waals surface area contributed by atoms with Crippen molar-refractivity contribution in [2.24, 2.45) is 0 Å². The first-order valence-electron chi connectivity index (χ1n) is 7.15. The maximum Gasteiger partial charge on any atom is 0.223 e. The van der Waals surface area contributed by atoms with Crippen LogP contribution in [0, 0.1) is 6.92 Å². The second-order valence-electron chi connectivity index (χ2n) is 5.65. The largest absolute Gasteiger partial charge is 0.335 e. The summed E-state index contributed by atoms with van der Waals surface area (Å²) in [5.74, 6) is 0.281. The topological polar surface area (TPSA) is 32.3 Å². The van der Waals surface area contributed by atoms with Gasteiger partial charge in [-0.2, -0.15) is 0 Å². The zero-order valence-corrected chi connectivity index (χ0v) is 12.1. The Morgan fingerprint density at radius 2 is 2.00 bits per heavy atom. The van der Waals surface area contributed by atoms with Gasteiger partial charge in [-0.15, -0.1) is 0 Å². The molecule has 1 amide bonds. The minimum absolute atomic E-state index is 0.281. The first kappa shape index (κ1) is 14.1. The Morgan fingerprint density at radius 3 is 2.63 bits per heavy atom. The molecule has 2 rings (SSSR count). The van der Waals surface area contributed by atoms with E-state index in [1.807, 2.05) is 4.90 Å². The van der Waals surface area contributed by atoms with E-state index in [4.69, 9.17) is 0 Å². The van der Waals surface area contributed by atoms with Crippen LogP contribution in [0.4, 0.5) is 0 Å². The molecule has 0 aromatic heterocycles. The highest BCUT2D eigenvalue weighted by molar-refractivity contribution is 5.77. The quantitative estimate of drug-likeness (QED) is 0.903. The maximum atomic E-state index is 12.4. The lowest BCUT2D eigenvalue weighted by Gasteiger charge is -2.39. The predicted octanol–water partition coefficient (Wildman–Crippen LogP) is 2.14. The van der Waals surface area contributed by atoms with Gasteiger partial charge in [0, 0.05) is 31.6 Å². The van der Waals surface area contributed by atoms with Crippen LogP contribution in [0.5, 0.6) is 0 Å². The zero-order valence-electron chi connectivity index (χ0n) is 12.1. The smallest absolute Gasteiger partial charge is 0.223 e. The molecule has 1 saturated heterocycles. The fourth-order valence-electron chi connectivity index (χ4n) is 2.87. The van der Waals surface area contributed by atoms with E-state index in [2.05, 4.69) is 50.4 Å². The van der Waals surface area contributed by atoms with E-state index in [9.17, 15) is 4.79 Å². The number of nitrogens with zero attached hydrogens (tertiary/aromatic N) is 1. The average molecular weight is 260 g/mol. The van der Waals surface area contributed by atoms with Gasteiger partial charge in [0.25, 0.3) is 0 Å². The summed E-state index contributed by atoms with van der Waals surface area (Å²) in [6, 6.07) is 9.02. The van der Waals surface area contributed by atoms with E-state index in [1.54, 1.807) is 0 Å². The third-order valence-corrected chi connectivity index (χ3v) is 3.83. The molecule has 1 aromatic carbocycles. The molecule has 104 valence electrons. The molecular formula is C16H24N2O. The Labute approximate surface area is 116 Å². The van der Waals surface area contributed by atoms with Crippen molar-refractivity contribution < 1.29 is 4.79 Å². The standard InChI is InChI=1S/C16H24N2O/c1-12-5-4-6-15(9-12)7-8-16(19)18-13(2)10-17-11-14(18)3/h4-6,9,13-14,17H,7-8,10-11H2,1-3H3. The van der Waals surface area contributed by atoms with Crippen LogP contribution in [0.1, 0.15) is 31.4 Å². The monoisotopic (exact) mass is 260 g/mol. The fraction of sp³-hybridized carbons (Fsp3) is 0.562. The van der Waals surface area contributed by atoms with E-state index >= 15 is 0 Å². The minimum atomic E-state index is 0.281. The van der Waals surface area contributed by atoms with Crippen molar-refractivity contribution in [3.05, 3.63) is 35.4 Å². The van der Waals surface area contributed by atoms with Crippen LogP contribution in [-0.2, 0) is 11.2 Å². The third-order valence-electron chi connectivity index (χ3n) is 3.83. The van der Waals surface area contributed by atoms with Gasteiger partial charge in [0.1, 0.15) is 0 Å². The summed E-state index contributed by atoms with van der Waals surface area (Å²) in [4.78, 5) is 14.4. The lowest BCUT2D eigenvalue weighted by Crippen LogP contribution is -2.57. The average Bonchev–Trinajstić information content (AvgIpc) is 2.36. The number of benzene rings is 1. The van der Waals surface area contributed by atoms with Crippen molar-refractivity contribution in [3.8, 4) is 0 Å². The van der Waals surface area contributed by atoms with Gasteiger partial charge >= 0.3 is 0 Å². The molecule has 0 aliphatic carbocycles. The van der Waals surface area contributed by atoms with Crippen molar-refractivity contribution in [3.63, 3.8) is 0 Å². The summed E-state index contributed by atoms with van der Waals surface area (Å²) in [5.41, 5.74) is 2.51. The van der Waals surface area contributed by atoms with Gasteiger partial charge in [0.15, 0.2) is 0 Å². The number of carbonyl (C=O) groups is 1. The molecule has 0 bridgehead atoms. The summed E-state index contributed by atoms with van der Waals surface area (Å²) in [5, 5.41) is 3.36. The predicted molar refractivity (Wildman–Crippen MR) is 78.1 cm³/mol. The van der Waals surface area contributed by atoms with Crippen LogP contribution >= 0.6 is 0 Å². The second-order valence-corrected chi connectivity index (χ2v) is 5.65. The maximum absolute atomic E-state index is 12.4. The van der Waals surface area contributed by atoms with Crippen LogP contribution in [-0.4, -0.2) is 36.0 Å². The van der Waals surface area contributed by atoms with Gasteiger partial charge in [-0.3, -0.25) is 4.79 Å². The number of hydrogen-bond donors (Lipinski definition) is 1. The summed E-state index contributed by atoms with van der Waals surface area (Å²) in [6.45, 7) is 8.13. The molecule has 1 aliphatic rings. The SMILES string of the molecule is Cc1cccc(CCC(=O)N2C(C)CNCC2C)c1. The van der Waals surface area contributed by atoms with Crippen molar-refractivity contribution in [1.82, 2.24) is 10.2 Å². The Bertz CT molecular complexity index is 434. The van der Waals surface area contributed by atoms with E-state index in [-0.39, 0.29) is 5.91 Å². The number of carbonyl (C=O) groups excluding carboxylic acids is 1. The van der Waals surface area contributed by atoms with E-state index in [0.717, 1.165) is 19.5 Å². The van der Waals surface area contributed by atoms with Crippen LogP contribution in [0.3, 0.4) is 0 Å². The van der Waals surface area contributed by atoms with Crippen molar-refractivity contribution in [2.75, 3.05) is 13.1 Å². The summed E-state index contributed by atoms with van der Waals surface area (Å²) < 4.78 is 0. The van der Waals surface area contributed by atoms with Crippen molar-refractivity contribution >= 4 is 5.91 Å². The number of rotatable bonds is 3. The van der Waals surface area contributed by atoms with Crippen LogP contribution in [0.2, 0.25) is 0 Å². The van der Waals surface area contributed by atoms with Gasteiger partial charge in [-0.1, -0.05) is 29.8 Å². The van der Waals surface area contributed by atoms with Gasteiger partial charge < -0.3 is 10.2 Å². The van der Waals surface area contributed by atoms with E-state index in [1.165, 1.54) is 11.1 Å². The number of nitrogens with one attached hydrogen (secondary N) is 1. The first-order chi connectivity index (χ1) is 9.08. The highest BCUT2D eigenvalue weighted by Crippen LogP contribution is 2.14. The molecule has 19 heavy (non-hydrogen) atoms. The Kier molecular flexibility index (Phi) is 4.59. The molecule has 1 N–H and O–H groups in total. The van der Waals surface area contributed by atoms with Crippen LogP contribution < -0.4 is 5.32 Å². The molecule has 3 heteroatoms. The number of amides is 1. The molecule has 0 saturated carbocycles. The Balaban J connectivity index is 1.93. The van der Waals surface area contributed by atoms with Gasteiger partial charge in [0.2, 0.25) is 5.91 Å². The first-order valence-corrected chi connectivity index (χ1v) is 7.15. The molecule has 1 fully saturated rings. The lowest BCUT2D eigenvalue weighted by molar-refractivity contribution is -0.136. The van der Waals surface area contributed by atoms with Crippen molar-refractivity contribution in [2.45, 2.75) is 45.7 Å². The molecule has 2 unspecified atom stereocenters. The second kappa shape index (κ2) is 6.20. The van der Waals surface area contributed by atoms with Crippen LogP contribution in [0.15, 0.2) is 24.3 Å². The van der Waals surface area contributed by atoms with Gasteiger partial charge in [0.05, 0.1) is 0 Å². The number of piperazine rings is 1. The van der Waals surface area contributed by atoms with Crippen LogP contribution in [0.25, 0.3) is 0 Å². The minimum Gasteiger partial charge on any atom is -0.335 e. The van der Waals surface area contributed by atoms with E-state index < -0.39 is 0 Å². The Morgan fingerprint density at radius 1 is 1.32 bits per heavy atom. The van der Waals surface area contributed by atoms with Gasteiger partial charge in [-0.25, -0.2) is 0 Å². The molecule has 2 atom stereocenters. The van der Waals surface area contributed by atoms with Gasteiger partial charge in [-0.05, 0) is 32.8 Å². The molecule has 0 radical (unpaired) electrons. The Hall–Kier alpha value is -1.35. The molecule has 1 aliphatic heterocycles. The molecule has 3 nitrogen and oxygen atoms in total. The zero-order chi connectivity index (χ0) is 13.8. The summed E-state index contributed by atoms with van der Waals surface area (Å²) in [6.07, 6.45) is 1.45. The van der Waals surface area contributed by atoms with Crippen molar-refractivity contribution in [1.29, 1.82) is 0 Å². The fourth-order valence-corrected chi connectivity index (χ4v) is 2.87. The van der Waals surface area contributed by atoms with E-state index in [0.29, 0.717) is 18.5 Å². The summed E-state index contributed by atoms with van der Waals surface area (Å²) in [7, 11) is 0. The number of aryl methyl sites for hydroxylation is 2. The molecular weight excluding hydrogens is 236 g/mol. The highest BCUT2D eigenvalue weighted by atomic mass is 16.2. The summed E-state index contributed by atoms with van der Waals surface area (Å²) >= 11 is 0. The normalized spacial score (nSPS) is 23.4. The lowest BCUT2D eigenvalue weighted by atomic mass is 10.0.